The van der Waals surface area contributed by atoms with Crippen LogP contribution in [-0.4, -0.2) is 12.5 Å². The smallest absolute Gasteiger partial charge is 0.243 e. The quantitative estimate of drug-likeness (QED) is 0.879. The van der Waals surface area contributed by atoms with Gasteiger partial charge in [-0.25, -0.2) is 4.39 Å². The molecule has 2 aromatic rings. The van der Waals surface area contributed by atoms with Gasteiger partial charge in [0.05, 0.1) is 12.2 Å². The van der Waals surface area contributed by atoms with Gasteiger partial charge in [-0.05, 0) is 48.7 Å². The van der Waals surface area contributed by atoms with Crippen molar-refractivity contribution in [1.82, 2.24) is 0 Å². The molecule has 110 valence electrons. The highest BCUT2D eigenvalue weighted by Crippen LogP contribution is 2.15. The highest BCUT2D eigenvalue weighted by molar-refractivity contribution is 5.93. The highest BCUT2D eigenvalue weighted by Gasteiger charge is 2.05. The number of carbonyl (C=O) groups is 1. The Balaban J connectivity index is 1.89. The summed E-state index contributed by atoms with van der Waals surface area (Å²) >= 11 is 0. The Morgan fingerprint density at radius 1 is 1.14 bits per heavy atom. The van der Waals surface area contributed by atoms with Gasteiger partial charge in [0.1, 0.15) is 5.82 Å². The SMILES string of the molecule is CCc1ccc(NC(=O)CNc2ccc(C)cc2F)cc1. The van der Waals surface area contributed by atoms with Crippen molar-refractivity contribution in [2.24, 2.45) is 0 Å². The van der Waals surface area contributed by atoms with Crippen molar-refractivity contribution in [3.63, 3.8) is 0 Å². The Labute approximate surface area is 124 Å². The third-order valence-electron chi connectivity index (χ3n) is 3.21. The summed E-state index contributed by atoms with van der Waals surface area (Å²) in [6, 6.07) is 12.5. The molecule has 0 bridgehead atoms. The summed E-state index contributed by atoms with van der Waals surface area (Å²) in [4.78, 5) is 11.8. The van der Waals surface area contributed by atoms with Crippen molar-refractivity contribution in [2.45, 2.75) is 20.3 Å². The molecule has 0 radical (unpaired) electrons. The van der Waals surface area contributed by atoms with Gasteiger partial charge >= 0.3 is 0 Å². The Morgan fingerprint density at radius 3 is 2.48 bits per heavy atom. The van der Waals surface area contributed by atoms with Gasteiger partial charge in [0.15, 0.2) is 0 Å². The summed E-state index contributed by atoms with van der Waals surface area (Å²) in [6.45, 7) is 3.92. The minimum absolute atomic E-state index is 0.0233. The van der Waals surface area contributed by atoms with Crippen LogP contribution in [0, 0.1) is 12.7 Å². The zero-order valence-electron chi connectivity index (χ0n) is 12.2. The number of aryl methyl sites for hydroxylation is 2. The van der Waals surface area contributed by atoms with Crippen LogP contribution in [-0.2, 0) is 11.2 Å². The molecule has 0 heterocycles. The third-order valence-corrected chi connectivity index (χ3v) is 3.21. The number of rotatable bonds is 5. The molecule has 0 saturated heterocycles. The molecule has 0 spiro atoms. The van der Waals surface area contributed by atoms with E-state index in [0.717, 1.165) is 17.7 Å². The van der Waals surface area contributed by atoms with Gasteiger partial charge in [0.25, 0.3) is 0 Å². The van der Waals surface area contributed by atoms with Gasteiger partial charge in [-0.2, -0.15) is 0 Å². The first-order valence-electron chi connectivity index (χ1n) is 6.97. The Hall–Kier alpha value is -2.36. The number of hydrogen-bond acceptors (Lipinski definition) is 2. The van der Waals surface area contributed by atoms with E-state index in [9.17, 15) is 9.18 Å². The Morgan fingerprint density at radius 2 is 1.86 bits per heavy atom. The van der Waals surface area contributed by atoms with Gasteiger partial charge < -0.3 is 10.6 Å². The molecule has 2 rings (SSSR count). The second kappa shape index (κ2) is 6.88. The van der Waals surface area contributed by atoms with Crippen LogP contribution < -0.4 is 10.6 Å². The molecule has 0 atom stereocenters. The summed E-state index contributed by atoms with van der Waals surface area (Å²) in [7, 11) is 0. The van der Waals surface area contributed by atoms with E-state index in [0.29, 0.717) is 5.69 Å². The lowest BCUT2D eigenvalue weighted by atomic mass is 10.1. The van der Waals surface area contributed by atoms with Crippen LogP contribution in [0.15, 0.2) is 42.5 Å². The fourth-order valence-electron chi connectivity index (χ4n) is 1.97. The second-order valence-corrected chi connectivity index (χ2v) is 4.94. The maximum atomic E-state index is 13.6. The van der Waals surface area contributed by atoms with E-state index < -0.39 is 0 Å². The molecule has 0 saturated carbocycles. The first-order chi connectivity index (χ1) is 10.1. The number of anilines is 2. The predicted octanol–water partition coefficient (Wildman–Crippen LogP) is 3.75. The number of benzene rings is 2. The summed E-state index contributed by atoms with van der Waals surface area (Å²) < 4.78 is 13.6. The summed E-state index contributed by atoms with van der Waals surface area (Å²) in [5, 5.41) is 5.57. The third kappa shape index (κ3) is 4.31. The van der Waals surface area contributed by atoms with E-state index in [1.54, 1.807) is 12.1 Å². The molecule has 0 aliphatic rings. The average Bonchev–Trinajstić information content (AvgIpc) is 2.47. The van der Waals surface area contributed by atoms with E-state index in [4.69, 9.17) is 0 Å². The fourth-order valence-corrected chi connectivity index (χ4v) is 1.97. The molecule has 4 heteroatoms. The van der Waals surface area contributed by atoms with Gasteiger partial charge in [-0.1, -0.05) is 25.1 Å². The van der Waals surface area contributed by atoms with Crippen molar-refractivity contribution in [1.29, 1.82) is 0 Å². The molecular weight excluding hydrogens is 267 g/mol. The van der Waals surface area contributed by atoms with E-state index >= 15 is 0 Å². The van der Waals surface area contributed by atoms with E-state index in [-0.39, 0.29) is 18.3 Å². The molecule has 21 heavy (non-hydrogen) atoms. The molecule has 2 N–H and O–H groups in total. The number of hydrogen-bond donors (Lipinski definition) is 2. The molecule has 0 aliphatic heterocycles. The lowest BCUT2D eigenvalue weighted by Crippen LogP contribution is -2.22. The van der Waals surface area contributed by atoms with Crippen LogP contribution in [0.3, 0.4) is 0 Å². The van der Waals surface area contributed by atoms with Crippen LogP contribution in [0.25, 0.3) is 0 Å². The first-order valence-corrected chi connectivity index (χ1v) is 6.97. The van der Waals surface area contributed by atoms with Crippen LogP contribution in [0.2, 0.25) is 0 Å². The summed E-state index contributed by atoms with van der Waals surface area (Å²) in [5.41, 5.74) is 3.13. The molecule has 0 fully saturated rings. The van der Waals surface area contributed by atoms with Gasteiger partial charge in [0.2, 0.25) is 5.91 Å². The topological polar surface area (TPSA) is 41.1 Å². The summed E-state index contributed by atoms with van der Waals surface area (Å²) in [5.74, 6) is -0.561. The molecule has 0 aromatic heterocycles. The molecule has 3 nitrogen and oxygen atoms in total. The number of halogens is 1. The maximum Gasteiger partial charge on any atom is 0.243 e. The van der Waals surface area contributed by atoms with Crippen molar-refractivity contribution in [2.75, 3.05) is 17.2 Å². The minimum Gasteiger partial charge on any atom is -0.374 e. The zero-order chi connectivity index (χ0) is 15.2. The molecule has 2 aromatic carbocycles. The average molecular weight is 286 g/mol. The van der Waals surface area contributed by atoms with E-state index in [1.165, 1.54) is 11.6 Å². The first kappa shape index (κ1) is 15.0. The van der Waals surface area contributed by atoms with Gasteiger partial charge in [0, 0.05) is 5.69 Å². The predicted molar refractivity (Wildman–Crippen MR) is 84.1 cm³/mol. The number of amides is 1. The highest BCUT2D eigenvalue weighted by atomic mass is 19.1. The largest absolute Gasteiger partial charge is 0.374 e. The van der Waals surface area contributed by atoms with Crippen molar-refractivity contribution in [3.8, 4) is 0 Å². The molecule has 0 unspecified atom stereocenters. The van der Waals surface area contributed by atoms with Gasteiger partial charge in [-0.15, -0.1) is 0 Å². The molecular formula is C17H19FN2O. The Kier molecular flexibility index (Phi) is 4.93. The molecule has 0 aliphatic carbocycles. The lowest BCUT2D eigenvalue weighted by Gasteiger charge is -2.09. The maximum absolute atomic E-state index is 13.6. The standard InChI is InChI=1S/C17H19FN2O/c1-3-13-5-7-14(8-6-13)20-17(21)11-19-16-9-4-12(2)10-15(16)18/h4-10,19H,3,11H2,1-2H3,(H,20,21). The number of nitrogens with one attached hydrogen (secondary N) is 2. The van der Waals surface area contributed by atoms with Crippen molar-refractivity contribution < 1.29 is 9.18 Å². The molecule has 1 amide bonds. The van der Waals surface area contributed by atoms with Gasteiger partial charge in [-0.3, -0.25) is 4.79 Å². The second-order valence-electron chi connectivity index (χ2n) is 4.94. The van der Waals surface area contributed by atoms with Crippen LogP contribution in [0.1, 0.15) is 18.1 Å². The van der Waals surface area contributed by atoms with Crippen molar-refractivity contribution >= 4 is 17.3 Å². The Bertz CT molecular complexity index is 623. The normalized spacial score (nSPS) is 10.2. The van der Waals surface area contributed by atoms with E-state index in [2.05, 4.69) is 17.6 Å². The fraction of sp³-hybridized carbons (Fsp3) is 0.235. The number of carbonyl (C=O) groups excluding carboxylic acids is 1. The van der Waals surface area contributed by atoms with Crippen LogP contribution >= 0.6 is 0 Å². The summed E-state index contributed by atoms with van der Waals surface area (Å²) in [6.07, 6.45) is 0.961. The van der Waals surface area contributed by atoms with Crippen LogP contribution in [0.5, 0.6) is 0 Å². The zero-order valence-corrected chi connectivity index (χ0v) is 12.2. The monoisotopic (exact) mass is 286 g/mol. The lowest BCUT2D eigenvalue weighted by molar-refractivity contribution is -0.114. The van der Waals surface area contributed by atoms with Crippen LogP contribution in [0.4, 0.5) is 15.8 Å². The van der Waals surface area contributed by atoms with E-state index in [1.807, 2.05) is 31.2 Å². The van der Waals surface area contributed by atoms with Crippen molar-refractivity contribution in [3.05, 3.63) is 59.4 Å². The minimum atomic E-state index is -0.352.